The average Bonchev–Trinajstić information content (AvgIpc) is 3.56. The summed E-state index contributed by atoms with van der Waals surface area (Å²) in [7, 11) is 3.72. The van der Waals surface area contributed by atoms with Crippen LogP contribution < -0.4 is 15.9 Å². The average molecular weight is 549 g/mol. The van der Waals surface area contributed by atoms with Gasteiger partial charge in [-0.05, 0) is 43.7 Å². The van der Waals surface area contributed by atoms with Crippen molar-refractivity contribution in [1.29, 1.82) is 0 Å². The Morgan fingerprint density at radius 2 is 1.15 bits per heavy atom. The normalized spacial score (nSPS) is 11.8. The highest BCUT2D eigenvalue weighted by atomic mass is 32.1. The number of para-hydroxylation sites is 2. The van der Waals surface area contributed by atoms with Gasteiger partial charge in [0.25, 0.3) is 11.1 Å². The highest BCUT2D eigenvalue weighted by molar-refractivity contribution is 7.07. The first-order chi connectivity index (χ1) is 19.4. The lowest BCUT2D eigenvalue weighted by Crippen LogP contribution is -2.25. The molecule has 0 saturated heterocycles. The number of nitrogens with zero attached hydrogens (tertiary/aromatic N) is 6. The van der Waals surface area contributed by atoms with Crippen molar-refractivity contribution in [1.82, 2.24) is 23.3 Å². The minimum absolute atomic E-state index is 0.172. The molecule has 0 atom stereocenters. The molecule has 0 radical (unpaired) electrons. The first-order valence-corrected chi connectivity index (χ1v) is 13.8. The van der Waals surface area contributed by atoms with Crippen LogP contribution in [-0.2, 0) is 14.1 Å². The predicted molar refractivity (Wildman–Crippen MR) is 159 cm³/mol. The van der Waals surface area contributed by atoms with Gasteiger partial charge in [0.15, 0.2) is 10.5 Å². The van der Waals surface area contributed by atoms with Gasteiger partial charge < -0.3 is 0 Å². The van der Waals surface area contributed by atoms with Gasteiger partial charge >= 0.3 is 0 Å². The molecule has 6 rings (SSSR count). The topological polar surface area (TPSA) is 71.2 Å². The summed E-state index contributed by atoms with van der Waals surface area (Å²) in [5, 5.41) is 1.99. The summed E-state index contributed by atoms with van der Waals surface area (Å²) in [4.78, 5) is 33.3. The molecule has 0 spiro atoms. The zero-order valence-electron chi connectivity index (χ0n) is 22.6. The Morgan fingerprint density at radius 1 is 0.650 bits per heavy atom. The third-order valence-corrected chi connectivity index (χ3v) is 8.08. The van der Waals surface area contributed by atoms with Crippen LogP contribution in [0.2, 0.25) is 0 Å². The molecule has 3 aromatic carbocycles. The molecule has 0 unspecified atom stereocenters. The van der Waals surface area contributed by atoms with Crippen LogP contribution in [0.25, 0.3) is 28.3 Å². The first-order valence-electron chi connectivity index (χ1n) is 12.9. The lowest BCUT2D eigenvalue weighted by atomic mass is 10.1. The maximum absolute atomic E-state index is 14.1. The van der Waals surface area contributed by atoms with Gasteiger partial charge in [-0.25, -0.2) is 14.4 Å². The zero-order chi connectivity index (χ0) is 28.0. The van der Waals surface area contributed by atoms with Crippen molar-refractivity contribution >= 4 is 17.0 Å². The predicted octanol–water partition coefficient (Wildman–Crippen LogP) is 5.03. The first kappa shape index (κ1) is 25.4. The zero-order valence-corrected chi connectivity index (χ0v) is 23.5. The number of hydrogen-bond donors (Lipinski definition) is 0. The molecule has 200 valence electrons. The minimum atomic E-state index is -0.223. The Bertz CT molecular complexity index is 2020. The van der Waals surface area contributed by atoms with Crippen LogP contribution in [0.15, 0.2) is 111 Å². The van der Waals surface area contributed by atoms with E-state index in [9.17, 15) is 9.59 Å². The molecular formula is C31H28N6O2S. The molecule has 3 heterocycles. The van der Waals surface area contributed by atoms with Crippen molar-refractivity contribution in [2.45, 2.75) is 13.8 Å². The van der Waals surface area contributed by atoms with Crippen LogP contribution in [0.1, 0.15) is 11.4 Å². The number of benzene rings is 3. The molecule has 0 aliphatic rings. The third kappa shape index (κ3) is 4.02. The van der Waals surface area contributed by atoms with Crippen molar-refractivity contribution < 1.29 is 0 Å². The van der Waals surface area contributed by atoms with E-state index in [4.69, 9.17) is 4.99 Å². The van der Waals surface area contributed by atoms with Crippen molar-refractivity contribution in [3.05, 3.63) is 133 Å². The second-order valence-electron chi connectivity index (χ2n) is 9.54. The highest BCUT2D eigenvalue weighted by Gasteiger charge is 2.23. The molecule has 0 aliphatic heterocycles. The molecule has 9 heteroatoms. The van der Waals surface area contributed by atoms with E-state index in [1.807, 2.05) is 138 Å². The second kappa shape index (κ2) is 10.0. The third-order valence-electron chi connectivity index (χ3n) is 7.26. The van der Waals surface area contributed by atoms with E-state index in [-0.39, 0.29) is 11.1 Å². The number of aromatic nitrogens is 5. The number of rotatable bonds is 5. The molecule has 0 N–H and O–H groups in total. The quantitative estimate of drug-likeness (QED) is 0.303. The molecule has 0 fully saturated rings. The van der Waals surface area contributed by atoms with Gasteiger partial charge in [-0.15, -0.1) is 11.3 Å². The summed E-state index contributed by atoms with van der Waals surface area (Å²) >= 11 is 1.40. The Hall–Kier alpha value is -4.89. The molecule has 3 aromatic heterocycles. The van der Waals surface area contributed by atoms with Gasteiger partial charge in [-0.2, -0.15) is 0 Å². The standard InChI is InChI=1S/C31H28N6O2S/c1-21-27(29(38)36(33(21)3)24-16-10-6-11-17-24)32-31-35(26(20-40-31)23-14-8-5-9-15-23)28-22(2)34(4)37(30(28)39)25-18-12-7-13-19-25/h5-20H,1-4H3. The van der Waals surface area contributed by atoms with E-state index in [2.05, 4.69) is 0 Å². The van der Waals surface area contributed by atoms with Crippen LogP contribution in [0.3, 0.4) is 0 Å². The molecule has 40 heavy (non-hydrogen) atoms. The van der Waals surface area contributed by atoms with Crippen LogP contribution in [-0.4, -0.2) is 23.3 Å². The van der Waals surface area contributed by atoms with Gasteiger partial charge in [-0.3, -0.25) is 23.5 Å². The SMILES string of the molecule is Cc1c(N=c2scc(-c3ccccc3)n2-c2c(C)n(C)n(-c3ccccc3)c2=O)c(=O)n(-c2ccccc2)n1C. The van der Waals surface area contributed by atoms with Crippen LogP contribution in [0, 0.1) is 13.8 Å². The van der Waals surface area contributed by atoms with E-state index < -0.39 is 0 Å². The van der Waals surface area contributed by atoms with Gasteiger partial charge in [0.05, 0.1) is 28.5 Å². The lowest BCUT2D eigenvalue weighted by Gasteiger charge is -2.08. The second-order valence-corrected chi connectivity index (χ2v) is 10.4. The van der Waals surface area contributed by atoms with E-state index in [1.54, 1.807) is 9.36 Å². The fourth-order valence-corrected chi connectivity index (χ4v) is 5.90. The molecule has 0 aliphatic carbocycles. The smallest absolute Gasteiger partial charge is 0.283 e. The summed E-state index contributed by atoms with van der Waals surface area (Å²) in [6, 6.07) is 29.0. The minimum Gasteiger partial charge on any atom is -0.283 e. The van der Waals surface area contributed by atoms with E-state index in [0.29, 0.717) is 16.2 Å². The Kier molecular flexibility index (Phi) is 6.36. The maximum Gasteiger partial charge on any atom is 0.297 e. The van der Waals surface area contributed by atoms with Gasteiger partial charge in [0.2, 0.25) is 0 Å². The Labute approximate surface area is 234 Å². The number of hydrogen-bond acceptors (Lipinski definition) is 4. The van der Waals surface area contributed by atoms with Gasteiger partial charge in [0.1, 0.15) is 5.69 Å². The van der Waals surface area contributed by atoms with E-state index >= 15 is 0 Å². The van der Waals surface area contributed by atoms with Crippen LogP contribution in [0.4, 0.5) is 5.69 Å². The van der Waals surface area contributed by atoms with Gasteiger partial charge in [-0.1, -0.05) is 66.7 Å². The molecule has 6 aromatic rings. The van der Waals surface area contributed by atoms with Crippen molar-refractivity contribution in [3.63, 3.8) is 0 Å². The van der Waals surface area contributed by atoms with E-state index in [1.165, 1.54) is 11.3 Å². The fourth-order valence-electron chi connectivity index (χ4n) is 5.01. The van der Waals surface area contributed by atoms with E-state index in [0.717, 1.165) is 34.0 Å². The summed E-state index contributed by atoms with van der Waals surface area (Å²) in [6.45, 7) is 3.81. The maximum atomic E-state index is 14.1. The summed E-state index contributed by atoms with van der Waals surface area (Å²) in [5.41, 5.74) is 5.22. The summed E-state index contributed by atoms with van der Waals surface area (Å²) < 4.78 is 8.81. The summed E-state index contributed by atoms with van der Waals surface area (Å²) in [5.74, 6) is 0. The van der Waals surface area contributed by atoms with Crippen LogP contribution >= 0.6 is 11.3 Å². The van der Waals surface area contributed by atoms with Crippen LogP contribution in [0.5, 0.6) is 0 Å². The van der Waals surface area contributed by atoms with Crippen molar-refractivity contribution in [3.8, 4) is 28.3 Å². The molecule has 8 nitrogen and oxygen atoms in total. The summed E-state index contributed by atoms with van der Waals surface area (Å²) in [6.07, 6.45) is 0. The molecule has 0 bridgehead atoms. The van der Waals surface area contributed by atoms with Gasteiger partial charge in [0, 0.05) is 19.5 Å². The van der Waals surface area contributed by atoms with Crippen molar-refractivity contribution in [2.24, 2.45) is 19.1 Å². The molecular weight excluding hydrogens is 520 g/mol. The lowest BCUT2D eigenvalue weighted by molar-refractivity contribution is 0.630. The number of thiazole rings is 1. The fraction of sp³-hybridized carbons (Fsp3) is 0.129. The molecule has 0 amide bonds. The molecule has 0 saturated carbocycles. The van der Waals surface area contributed by atoms with Crippen molar-refractivity contribution in [2.75, 3.05) is 0 Å². The largest absolute Gasteiger partial charge is 0.297 e. The Balaban J connectivity index is 1.66. The monoisotopic (exact) mass is 548 g/mol. The highest BCUT2D eigenvalue weighted by Crippen LogP contribution is 2.25. The Morgan fingerprint density at radius 3 is 1.73 bits per heavy atom.